The Bertz CT molecular complexity index is 1370. The van der Waals surface area contributed by atoms with Gasteiger partial charge in [-0.1, -0.05) is 201 Å². The van der Waals surface area contributed by atoms with E-state index in [1.165, 1.54) is 44.9 Å². The zero-order chi connectivity index (χ0) is 47.9. The molecule has 0 radical (unpaired) electrons. The molecule has 0 aliphatic carbocycles. The molecule has 6 heteroatoms. The van der Waals surface area contributed by atoms with Crippen LogP contribution in [0.5, 0.6) is 0 Å². The minimum atomic E-state index is -0.806. The normalized spacial score (nSPS) is 13.0. The molecule has 0 bridgehead atoms. The van der Waals surface area contributed by atoms with Crippen LogP contribution in [-0.4, -0.2) is 37.2 Å². The number of carbonyl (C=O) groups excluding carboxylic acids is 3. The molecule has 0 N–H and O–H groups in total. The van der Waals surface area contributed by atoms with E-state index in [2.05, 4.69) is 130 Å². The van der Waals surface area contributed by atoms with Crippen LogP contribution >= 0.6 is 0 Å². The predicted octanol–water partition coefficient (Wildman–Crippen LogP) is 17.9. The van der Waals surface area contributed by atoms with E-state index >= 15 is 0 Å². The molecule has 0 aromatic heterocycles. The molecule has 66 heavy (non-hydrogen) atoms. The van der Waals surface area contributed by atoms with Crippen LogP contribution < -0.4 is 0 Å². The van der Waals surface area contributed by atoms with Crippen LogP contribution in [0.4, 0.5) is 0 Å². The van der Waals surface area contributed by atoms with Gasteiger partial charge in [0, 0.05) is 19.3 Å². The molecule has 0 spiro atoms. The largest absolute Gasteiger partial charge is 0.462 e. The van der Waals surface area contributed by atoms with E-state index in [0.29, 0.717) is 12.8 Å². The fourth-order valence-electron chi connectivity index (χ4n) is 7.01. The second-order valence-corrected chi connectivity index (χ2v) is 17.4. The molecule has 6 nitrogen and oxygen atoms in total. The van der Waals surface area contributed by atoms with Crippen molar-refractivity contribution in [3.63, 3.8) is 0 Å². The number of unbranched alkanes of at least 4 members (excludes halogenated alkanes) is 18. The quantitative estimate of drug-likeness (QED) is 0.0262. The Labute approximate surface area is 406 Å². The number of hydrogen-bond donors (Lipinski definition) is 0. The predicted molar refractivity (Wildman–Crippen MR) is 283 cm³/mol. The van der Waals surface area contributed by atoms with Gasteiger partial charge in [-0.2, -0.15) is 0 Å². The van der Waals surface area contributed by atoms with E-state index in [0.717, 1.165) is 148 Å². The second kappa shape index (κ2) is 53.7. The van der Waals surface area contributed by atoms with Crippen molar-refractivity contribution in [2.45, 2.75) is 239 Å². The van der Waals surface area contributed by atoms with Gasteiger partial charge in [-0.25, -0.2) is 0 Å². The van der Waals surface area contributed by atoms with Gasteiger partial charge >= 0.3 is 17.9 Å². The van der Waals surface area contributed by atoms with Crippen molar-refractivity contribution in [2.75, 3.05) is 13.2 Å². The summed E-state index contributed by atoms with van der Waals surface area (Å²) in [7, 11) is 0. The molecule has 0 aromatic rings. The topological polar surface area (TPSA) is 78.9 Å². The van der Waals surface area contributed by atoms with Gasteiger partial charge in [0.1, 0.15) is 13.2 Å². The molecule has 1 atom stereocenters. The molecule has 1 unspecified atom stereocenters. The standard InChI is InChI=1S/C60H98O6/c1-4-7-10-13-16-19-22-25-28-30-32-35-38-41-44-47-50-53-59(62)65-56-57(55-64-58(61)52-49-46-43-40-37-34-27-24-21-18-15-12-9-6-3)66-60(63)54-51-48-45-42-39-36-33-31-29-26-23-20-17-14-11-8-5-2/h7-8,10-11,16-17,19-20,24-29,32-33,35-36,57H,4-6,9,12-15,18,21-23,30-31,34,37-56H2,1-3H3/b10-7-,11-8-,19-16-,20-17-,27-24-,28-25-,29-26-,35-32-,36-33-. The smallest absolute Gasteiger partial charge is 0.306 e. The number of rotatable bonds is 47. The van der Waals surface area contributed by atoms with Gasteiger partial charge < -0.3 is 14.2 Å². The highest BCUT2D eigenvalue weighted by Crippen LogP contribution is 2.13. The summed E-state index contributed by atoms with van der Waals surface area (Å²) in [5, 5.41) is 0. The van der Waals surface area contributed by atoms with Crippen LogP contribution in [0.25, 0.3) is 0 Å². The van der Waals surface area contributed by atoms with Gasteiger partial charge in [-0.05, 0) is 122 Å². The monoisotopic (exact) mass is 915 g/mol. The van der Waals surface area contributed by atoms with E-state index in [4.69, 9.17) is 14.2 Å². The van der Waals surface area contributed by atoms with Gasteiger partial charge in [0.2, 0.25) is 0 Å². The van der Waals surface area contributed by atoms with E-state index in [1.54, 1.807) is 0 Å². The fourth-order valence-corrected chi connectivity index (χ4v) is 7.01. The summed E-state index contributed by atoms with van der Waals surface area (Å²) in [6.45, 7) is 6.35. The van der Waals surface area contributed by atoms with Crippen molar-refractivity contribution in [1.82, 2.24) is 0 Å². The first-order valence-electron chi connectivity index (χ1n) is 26.9. The maximum atomic E-state index is 12.8. The van der Waals surface area contributed by atoms with Gasteiger partial charge in [0.05, 0.1) is 0 Å². The molecular formula is C60H98O6. The molecule has 0 aliphatic heterocycles. The number of esters is 3. The van der Waals surface area contributed by atoms with Gasteiger partial charge in [0.25, 0.3) is 0 Å². The fraction of sp³-hybridized carbons (Fsp3) is 0.650. The van der Waals surface area contributed by atoms with E-state index in [-0.39, 0.29) is 37.5 Å². The Morgan fingerprint density at radius 1 is 0.318 bits per heavy atom. The summed E-state index contributed by atoms with van der Waals surface area (Å²) in [4.78, 5) is 38.1. The molecule has 0 saturated carbocycles. The van der Waals surface area contributed by atoms with Crippen molar-refractivity contribution in [1.29, 1.82) is 0 Å². The zero-order valence-corrected chi connectivity index (χ0v) is 42.7. The van der Waals surface area contributed by atoms with Gasteiger partial charge in [-0.15, -0.1) is 0 Å². The lowest BCUT2D eigenvalue weighted by molar-refractivity contribution is -0.167. The molecular weight excluding hydrogens is 817 g/mol. The highest BCUT2D eigenvalue weighted by atomic mass is 16.6. The van der Waals surface area contributed by atoms with Crippen molar-refractivity contribution < 1.29 is 28.6 Å². The summed E-state index contributed by atoms with van der Waals surface area (Å²) in [6.07, 6.45) is 72.1. The molecule has 0 heterocycles. The third-order valence-corrected chi connectivity index (χ3v) is 11.0. The average molecular weight is 915 g/mol. The summed E-state index contributed by atoms with van der Waals surface area (Å²) in [6, 6.07) is 0. The van der Waals surface area contributed by atoms with Crippen molar-refractivity contribution in [2.24, 2.45) is 0 Å². The van der Waals surface area contributed by atoms with E-state index < -0.39 is 6.10 Å². The van der Waals surface area contributed by atoms with E-state index in [1.807, 2.05) is 0 Å². The summed E-state index contributed by atoms with van der Waals surface area (Å²) in [5.74, 6) is -0.962. The van der Waals surface area contributed by atoms with Crippen LogP contribution in [0.3, 0.4) is 0 Å². The number of ether oxygens (including phenoxy) is 3. The lowest BCUT2D eigenvalue weighted by Crippen LogP contribution is -2.30. The average Bonchev–Trinajstić information content (AvgIpc) is 3.31. The molecule has 0 fully saturated rings. The third kappa shape index (κ3) is 51.1. The number of allylic oxidation sites excluding steroid dienone is 18. The highest BCUT2D eigenvalue weighted by molar-refractivity contribution is 5.71. The van der Waals surface area contributed by atoms with Crippen LogP contribution in [-0.2, 0) is 28.6 Å². The highest BCUT2D eigenvalue weighted by Gasteiger charge is 2.19. The minimum Gasteiger partial charge on any atom is -0.462 e. The first-order chi connectivity index (χ1) is 32.5. The molecule has 0 rings (SSSR count). The SMILES string of the molecule is CC/C=C\C/C=C\C/C=C\C/C=C\CCCCCCC(=O)OCC(COC(=O)CCCCCCC/C=C\CCCCCCC)OC(=O)CCCCCC/C=C\C/C=C\C/C=C\C/C=C\CC. The second-order valence-electron chi connectivity index (χ2n) is 17.4. The Morgan fingerprint density at radius 2 is 0.591 bits per heavy atom. The van der Waals surface area contributed by atoms with Crippen LogP contribution in [0.15, 0.2) is 109 Å². The van der Waals surface area contributed by atoms with Crippen molar-refractivity contribution >= 4 is 17.9 Å². The van der Waals surface area contributed by atoms with Crippen molar-refractivity contribution in [3.8, 4) is 0 Å². The Balaban J connectivity index is 4.51. The third-order valence-electron chi connectivity index (χ3n) is 11.0. The van der Waals surface area contributed by atoms with E-state index in [9.17, 15) is 14.4 Å². The number of hydrogen-bond acceptors (Lipinski definition) is 6. The minimum absolute atomic E-state index is 0.102. The zero-order valence-electron chi connectivity index (χ0n) is 42.7. The molecule has 0 aliphatic rings. The first kappa shape index (κ1) is 62.1. The Kier molecular flexibility index (Phi) is 50.5. The van der Waals surface area contributed by atoms with Crippen LogP contribution in [0.2, 0.25) is 0 Å². The van der Waals surface area contributed by atoms with Gasteiger partial charge in [0.15, 0.2) is 6.10 Å². The first-order valence-corrected chi connectivity index (χ1v) is 26.9. The molecule has 0 aromatic carbocycles. The Morgan fingerprint density at radius 3 is 0.939 bits per heavy atom. The summed E-state index contributed by atoms with van der Waals surface area (Å²) < 4.78 is 16.8. The van der Waals surface area contributed by atoms with Crippen LogP contribution in [0.1, 0.15) is 233 Å². The maximum Gasteiger partial charge on any atom is 0.306 e. The lowest BCUT2D eigenvalue weighted by Gasteiger charge is -2.18. The van der Waals surface area contributed by atoms with Crippen molar-refractivity contribution in [3.05, 3.63) is 109 Å². The summed E-state index contributed by atoms with van der Waals surface area (Å²) in [5.41, 5.74) is 0. The maximum absolute atomic E-state index is 12.8. The Hall–Kier alpha value is -3.93. The van der Waals surface area contributed by atoms with Crippen LogP contribution in [0, 0.1) is 0 Å². The van der Waals surface area contributed by atoms with Gasteiger partial charge in [-0.3, -0.25) is 14.4 Å². The number of carbonyl (C=O) groups is 3. The molecule has 374 valence electrons. The molecule has 0 saturated heterocycles. The molecule has 0 amide bonds. The lowest BCUT2D eigenvalue weighted by atomic mass is 10.1. The summed E-state index contributed by atoms with van der Waals surface area (Å²) >= 11 is 0.